The van der Waals surface area contributed by atoms with Crippen molar-refractivity contribution in [3.8, 4) is 0 Å². The summed E-state index contributed by atoms with van der Waals surface area (Å²) in [4.78, 5) is 10.9. The zero-order valence-electron chi connectivity index (χ0n) is 6.45. The minimum atomic E-state index is -0.788. The molecule has 11 heavy (non-hydrogen) atoms. The van der Waals surface area contributed by atoms with E-state index in [-0.39, 0.29) is 5.97 Å². The molecule has 1 fully saturated rings. The summed E-state index contributed by atoms with van der Waals surface area (Å²) in [5.41, 5.74) is 0. The van der Waals surface area contributed by atoms with E-state index >= 15 is 0 Å². The molecule has 0 bridgehead atoms. The zero-order chi connectivity index (χ0) is 8.27. The molecule has 0 aromatic carbocycles. The maximum absolute atomic E-state index is 10.9. The molecule has 0 amide bonds. The van der Waals surface area contributed by atoms with E-state index in [1.165, 1.54) is 0 Å². The Morgan fingerprint density at radius 3 is 2.91 bits per heavy atom. The molecule has 0 unspecified atom stereocenters. The Kier molecular flexibility index (Phi) is 2.84. The molecule has 64 valence electrons. The van der Waals surface area contributed by atoms with E-state index in [0.29, 0.717) is 19.4 Å². The van der Waals surface area contributed by atoms with Crippen molar-refractivity contribution in [1.29, 1.82) is 0 Å². The number of rotatable bonds is 2. The molecular weight excluding hydrogens is 148 g/mol. The van der Waals surface area contributed by atoms with Gasteiger partial charge in [0.15, 0.2) is 12.4 Å². The van der Waals surface area contributed by atoms with Gasteiger partial charge in [0.05, 0.1) is 6.61 Å². The molecule has 1 rings (SSSR count). The highest BCUT2D eigenvalue weighted by atomic mass is 16.6. The second-order valence-electron chi connectivity index (χ2n) is 2.41. The first-order valence-corrected chi connectivity index (χ1v) is 3.74. The average Bonchev–Trinajstić information content (AvgIpc) is 2.36. The summed E-state index contributed by atoms with van der Waals surface area (Å²) in [7, 11) is 0. The Morgan fingerprint density at radius 1 is 1.73 bits per heavy atom. The molecule has 4 heteroatoms. The van der Waals surface area contributed by atoms with E-state index in [0.717, 1.165) is 0 Å². The van der Waals surface area contributed by atoms with Gasteiger partial charge < -0.3 is 14.6 Å². The van der Waals surface area contributed by atoms with Crippen LogP contribution in [0.2, 0.25) is 0 Å². The first-order valence-electron chi connectivity index (χ1n) is 3.74. The van der Waals surface area contributed by atoms with Crippen LogP contribution in [0.5, 0.6) is 0 Å². The summed E-state index contributed by atoms with van der Waals surface area (Å²) in [6, 6.07) is 0. The lowest BCUT2D eigenvalue weighted by Crippen LogP contribution is -2.23. The van der Waals surface area contributed by atoms with Crippen LogP contribution in [0.3, 0.4) is 0 Å². The average molecular weight is 160 g/mol. The molecular formula is C7H12O4. The number of aliphatic hydroxyl groups is 1. The van der Waals surface area contributed by atoms with Crippen molar-refractivity contribution >= 4 is 5.97 Å². The Bertz CT molecular complexity index is 145. The van der Waals surface area contributed by atoms with Crippen LogP contribution < -0.4 is 0 Å². The minimum Gasteiger partial charge on any atom is -0.464 e. The van der Waals surface area contributed by atoms with Gasteiger partial charge in [0.25, 0.3) is 0 Å². The van der Waals surface area contributed by atoms with Gasteiger partial charge in [0, 0.05) is 6.42 Å². The molecule has 1 aliphatic heterocycles. The van der Waals surface area contributed by atoms with Gasteiger partial charge in [0.1, 0.15) is 0 Å². The fraction of sp³-hybridized carbons (Fsp3) is 0.857. The van der Waals surface area contributed by atoms with Gasteiger partial charge >= 0.3 is 5.97 Å². The van der Waals surface area contributed by atoms with Crippen molar-refractivity contribution in [2.75, 3.05) is 6.61 Å². The topological polar surface area (TPSA) is 55.8 Å². The van der Waals surface area contributed by atoms with E-state index in [9.17, 15) is 4.79 Å². The number of hydrogen-bond donors (Lipinski definition) is 1. The monoisotopic (exact) mass is 160 g/mol. The van der Waals surface area contributed by atoms with Crippen LogP contribution >= 0.6 is 0 Å². The van der Waals surface area contributed by atoms with Crippen molar-refractivity contribution in [2.24, 2.45) is 0 Å². The first kappa shape index (κ1) is 8.49. The molecule has 1 aliphatic rings. The molecule has 2 atom stereocenters. The van der Waals surface area contributed by atoms with E-state index in [1.54, 1.807) is 6.92 Å². The van der Waals surface area contributed by atoms with Crippen LogP contribution in [0.4, 0.5) is 0 Å². The predicted octanol–water partition coefficient (Wildman–Crippen LogP) is 0.0469. The lowest BCUT2D eigenvalue weighted by molar-refractivity contribution is -0.164. The molecule has 1 heterocycles. The fourth-order valence-electron chi connectivity index (χ4n) is 1.03. The summed E-state index contributed by atoms with van der Waals surface area (Å²) in [6.45, 7) is 2.10. The third-order valence-electron chi connectivity index (χ3n) is 1.55. The van der Waals surface area contributed by atoms with Gasteiger partial charge in [-0.15, -0.1) is 0 Å². The summed E-state index contributed by atoms with van der Waals surface area (Å²) >= 11 is 0. The Balaban J connectivity index is 2.31. The van der Waals surface area contributed by atoms with Crippen LogP contribution in [0.1, 0.15) is 19.8 Å². The third kappa shape index (κ3) is 2.17. The predicted molar refractivity (Wildman–Crippen MR) is 36.7 cm³/mol. The SMILES string of the molecule is CCOC(=O)[C@@H]1CC[C@@H](O)O1. The summed E-state index contributed by atoms with van der Waals surface area (Å²) < 4.78 is 9.56. The van der Waals surface area contributed by atoms with E-state index in [1.807, 2.05) is 0 Å². The van der Waals surface area contributed by atoms with Crippen LogP contribution in [0.25, 0.3) is 0 Å². The van der Waals surface area contributed by atoms with Crippen molar-refractivity contribution in [3.05, 3.63) is 0 Å². The summed E-state index contributed by atoms with van der Waals surface area (Å²) in [6.07, 6.45) is -0.266. The smallest absolute Gasteiger partial charge is 0.335 e. The lowest BCUT2D eigenvalue weighted by atomic mass is 10.2. The Labute approximate surface area is 65.1 Å². The highest BCUT2D eigenvalue weighted by Crippen LogP contribution is 2.18. The number of carbonyl (C=O) groups is 1. The molecule has 0 saturated carbocycles. The van der Waals surface area contributed by atoms with Crippen molar-refractivity contribution in [3.63, 3.8) is 0 Å². The highest BCUT2D eigenvalue weighted by molar-refractivity contribution is 5.74. The maximum atomic E-state index is 10.9. The fourth-order valence-corrected chi connectivity index (χ4v) is 1.03. The van der Waals surface area contributed by atoms with Crippen LogP contribution in [-0.4, -0.2) is 30.1 Å². The normalized spacial score (nSPS) is 30.4. The molecule has 0 aliphatic carbocycles. The molecule has 0 aromatic rings. The van der Waals surface area contributed by atoms with Crippen molar-refractivity contribution in [2.45, 2.75) is 32.2 Å². The molecule has 1 N–H and O–H groups in total. The molecule has 4 nitrogen and oxygen atoms in total. The van der Waals surface area contributed by atoms with Gasteiger partial charge in [-0.05, 0) is 13.3 Å². The van der Waals surface area contributed by atoms with E-state index in [4.69, 9.17) is 14.6 Å². The summed E-state index contributed by atoms with van der Waals surface area (Å²) in [5.74, 6) is -0.371. The second kappa shape index (κ2) is 3.69. The molecule has 1 saturated heterocycles. The van der Waals surface area contributed by atoms with Crippen LogP contribution in [-0.2, 0) is 14.3 Å². The van der Waals surface area contributed by atoms with Crippen molar-refractivity contribution < 1.29 is 19.4 Å². The quantitative estimate of drug-likeness (QED) is 0.580. The molecule has 0 spiro atoms. The van der Waals surface area contributed by atoms with Gasteiger partial charge in [-0.2, -0.15) is 0 Å². The van der Waals surface area contributed by atoms with Crippen LogP contribution in [0.15, 0.2) is 0 Å². The molecule has 0 radical (unpaired) electrons. The van der Waals surface area contributed by atoms with Gasteiger partial charge in [-0.25, -0.2) is 4.79 Å². The van der Waals surface area contributed by atoms with E-state index < -0.39 is 12.4 Å². The number of carbonyl (C=O) groups excluding carboxylic acids is 1. The number of esters is 1. The Morgan fingerprint density at radius 2 is 2.45 bits per heavy atom. The maximum Gasteiger partial charge on any atom is 0.335 e. The first-order chi connectivity index (χ1) is 5.24. The minimum absolute atomic E-state index is 0.356. The largest absolute Gasteiger partial charge is 0.464 e. The molecule has 0 aromatic heterocycles. The number of hydrogen-bond acceptors (Lipinski definition) is 4. The number of aliphatic hydroxyl groups excluding tert-OH is 1. The van der Waals surface area contributed by atoms with Crippen molar-refractivity contribution in [1.82, 2.24) is 0 Å². The Hall–Kier alpha value is -0.610. The zero-order valence-corrected chi connectivity index (χ0v) is 6.45. The lowest BCUT2D eigenvalue weighted by Gasteiger charge is -2.08. The van der Waals surface area contributed by atoms with Gasteiger partial charge in [-0.3, -0.25) is 0 Å². The van der Waals surface area contributed by atoms with Gasteiger partial charge in [-0.1, -0.05) is 0 Å². The number of ether oxygens (including phenoxy) is 2. The van der Waals surface area contributed by atoms with Crippen LogP contribution in [0, 0.1) is 0 Å². The third-order valence-corrected chi connectivity index (χ3v) is 1.55. The summed E-state index contributed by atoms with van der Waals surface area (Å²) in [5, 5.41) is 8.89. The van der Waals surface area contributed by atoms with Gasteiger partial charge in [0.2, 0.25) is 0 Å². The highest BCUT2D eigenvalue weighted by Gasteiger charge is 2.30. The standard InChI is InChI=1S/C7H12O4/c1-2-10-7(9)5-3-4-6(8)11-5/h5-6,8H,2-4H2,1H3/t5-,6-/m0/s1. The van der Waals surface area contributed by atoms with E-state index in [2.05, 4.69) is 0 Å². The second-order valence-corrected chi connectivity index (χ2v) is 2.41.